The Kier molecular flexibility index (Phi) is 5.46. The van der Waals surface area contributed by atoms with Crippen molar-refractivity contribution < 1.29 is 13.2 Å². The van der Waals surface area contributed by atoms with E-state index < -0.39 is 11.7 Å². The predicted octanol–water partition coefficient (Wildman–Crippen LogP) is 2.23. The topological polar surface area (TPSA) is 61.3 Å². The molecule has 3 N–H and O–H groups in total. The van der Waals surface area contributed by atoms with E-state index in [1.54, 1.807) is 0 Å². The van der Waals surface area contributed by atoms with E-state index in [2.05, 4.69) is 25.9 Å². The number of rotatable bonds is 6. The zero-order chi connectivity index (χ0) is 16.0. The molecule has 0 spiro atoms. The summed E-state index contributed by atoms with van der Waals surface area (Å²) in [6.07, 6.45) is -0.820. The van der Waals surface area contributed by atoms with Gasteiger partial charge in [-0.15, -0.1) is 0 Å². The lowest BCUT2D eigenvalue weighted by Gasteiger charge is -2.13. The SMILES string of the molecule is CCNC(=NCCNc1ncccc1C(F)(F)F)NC1CC1. The van der Waals surface area contributed by atoms with Crippen molar-refractivity contribution in [3.63, 3.8) is 0 Å². The summed E-state index contributed by atoms with van der Waals surface area (Å²) >= 11 is 0. The van der Waals surface area contributed by atoms with Gasteiger partial charge in [-0.25, -0.2) is 4.98 Å². The summed E-state index contributed by atoms with van der Waals surface area (Å²) in [7, 11) is 0. The second-order valence-electron chi connectivity index (χ2n) is 5.00. The lowest BCUT2D eigenvalue weighted by molar-refractivity contribution is -0.137. The maximum Gasteiger partial charge on any atom is 0.419 e. The Hall–Kier alpha value is -1.99. The van der Waals surface area contributed by atoms with E-state index in [9.17, 15) is 13.2 Å². The van der Waals surface area contributed by atoms with Crippen molar-refractivity contribution in [2.24, 2.45) is 4.99 Å². The molecule has 22 heavy (non-hydrogen) atoms. The number of pyridine rings is 1. The van der Waals surface area contributed by atoms with Crippen LogP contribution in [0, 0.1) is 0 Å². The predicted molar refractivity (Wildman–Crippen MR) is 79.9 cm³/mol. The maximum atomic E-state index is 12.8. The van der Waals surface area contributed by atoms with Gasteiger partial charge in [-0.3, -0.25) is 4.99 Å². The van der Waals surface area contributed by atoms with Gasteiger partial charge >= 0.3 is 6.18 Å². The van der Waals surface area contributed by atoms with Gasteiger partial charge in [-0.2, -0.15) is 13.2 Å². The number of anilines is 1. The first-order valence-electron chi connectivity index (χ1n) is 7.31. The van der Waals surface area contributed by atoms with Gasteiger partial charge in [0.15, 0.2) is 5.96 Å². The average Bonchev–Trinajstić information content (AvgIpc) is 3.27. The van der Waals surface area contributed by atoms with Gasteiger partial charge in [0, 0.05) is 25.3 Å². The molecule has 2 rings (SSSR count). The lowest BCUT2D eigenvalue weighted by Crippen LogP contribution is -2.38. The number of aromatic nitrogens is 1. The third-order valence-corrected chi connectivity index (χ3v) is 3.05. The van der Waals surface area contributed by atoms with Crippen molar-refractivity contribution in [1.29, 1.82) is 0 Å². The molecule has 8 heteroatoms. The van der Waals surface area contributed by atoms with Gasteiger partial charge in [-0.1, -0.05) is 0 Å². The van der Waals surface area contributed by atoms with Gasteiger partial charge in [0.05, 0.1) is 12.1 Å². The first-order valence-corrected chi connectivity index (χ1v) is 7.31. The highest BCUT2D eigenvalue weighted by atomic mass is 19.4. The molecule has 122 valence electrons. The summed E-state index contributed by atoms with van der Waals surface area (Å²) in [4.78, 5) is 8.07. The molecule has 1 aromatic heterocycles. The summed E-state index contributed by atoms with van der Waals surface area (Å²) in [5.41, 5.74) is -0.762. The molecule has 0 aliphatic heterocycles. The van der Waals surface area contributed by atoms with Gasteiger partial charge in [0.1, 0.15) is 5.82 Å². The highest BCUT2D eigenvalue weighted by Crippen LogP contribution is 2.33. The van der Waals surface area contributed by atoms with Crippen LogP contribution in [-0.2, 0) is 6.18 Å². The quantitative estimate of drug-likeness (QED) is 0.428. The lowest BCUT2D eigenvalue weighted by atomic mass is 10.2. The van der Waals surface area contributed by atoms with Crippen LogP contribution in [0.15, 0.2) is 23.3 Å². The summed E-state index contributed by atoms with van der Waals surface area (Å²) in [5.74, 6) is 0.536. The second-order valence-corrected chi connectivity index (χ2v) is 5.00. The van der Waals surface area contributed by atoms with Gasteiger partial charge in [0.25, 0.3) is 0 Å². The van der Waals surface area contributed by atoms with Crippen LogP contribution >= 0.6 is 0 Å². The molecule has 1 heterocycles. The highest BCUT2D eigenvalue weighted by Gasteiger charge is 2.33. The Labute approximate surface area is 127 Å². The van der Waals surface area contributed by atoms with Crippen LogP contribution in [0.1, 0.15) is 25.3 Å². The Balaban J connectivity index is 1.87. The number of hydrogen-bond donors (Lipinski definition) is 3. The Bertz CT molecular complexity index is 511. The molecule has 1 fully saturated rings. The average molecular weight is 315 g/mol. The summed E-state index contributed by atoms with van der Waals surface area (Å²) in [5, 5.41) is 9.04. The first-order chi connectivity index (χ1) is 10.5. The molecule has 0 radical (unpaired) electrons. The van der Waals surface area contributed by atoms with E-state index >= 15 is 0 Å². The van der Waals surface area contributed by atoms with Gasteiger partial charge < -0.3 is 16.0 Å². The molecule has 1 aliphatic carbocycles. The minimum absolute atomic E-state index is 0.162. The molecule has 0 unspecified atom stereocenters. The Morgan fingerprint density at radius 2 is 2.18 bits per heavy atom. The highest BCUT2D eigenvalue weighted by molar-refractivity contribution is 5.80. The molecule has 0 aromatic carbocycles. The van der Waals surface area contributed by atoms with Crippen molar-refractivity contribution in [1.82, 2.24) is 15.6 Å². The van der Waals surface area contributed by atoms with Crippen molar-refractivity contribution >= 4 is 11.8 Å². The number of nitrogens with zero attached hydrogens (tertiary/aromatic N) is 2. The van der Waals surface area contributed by atoms with Crippen LogP contribution in [0.2, 0.25) is 0 Å². The Morgan fingerprint density at radius 1 is 1.41 bits per heavy atom. The van der Waals surface area contributed by atoms with Crippen molar-refractivity contribution in [2.75, 3.05) is 25.0 Å². The Morgan fingerprint density at radius 3 is 2.82 bits per heavy atom. The summed E-state index contributed by atoms with van der Waals surface area (Å²) in [6, 6.07) is 2.75. The van der Waals surface area contributed by atoms with Gasteiger partial charge in [-0.05, 0) is 31.9 Å². The van der Waals surface area contributed by atoms with E-state index in [0.717, 1.165) is 25.5 Å². The number of nitrogens with one attached hydrogen (secondary N) is 3. The summed E-state index contributed by atoms with van der Waals surface area (Å²) in [6.45, 7) is 3.34. The van der Waals surface area contributed by atoms with E-state index in [4.69, 9.17) is 0 Å². The second kappa shape index (κ2) is 7.33. The molecule has 0 bridgehead atoms. The number of hydrogen-bond acceptors (Lipinski definition) is 3. The van der Waals surface area contributed by atoms with Crippen LogP contribution < -0.4 is 16.0 Å². The largest absolute Gasteiger partial charge is 0.419 e. The molecule has 0 atom stereocenters. The van der Waals surface area contributed by atoms with Crippen molar-refractivity contribution in [2.45, 2.75) is 32.0 Å². The normalized spacial score (nSPS) is 15.5. The third-order valence-electron chi connectivity index (χ3n) is 3.05. The molecular weight excluding hydrogens is 295 g/mol. The van der Waals surface area contributed by atoms with Crippen molar-refractivity contribution in [3.05, 3.63) is 23.9 Å². The monoisotopic (exact) mass is 315 g/mol. The number of halogens is 3. The van der Waals surface area contributed by atoms with Crippen LogP contribution in [0.4, 0.5) is 19.0 Å². The molecule has 0 saturated heterocycles. The van der Waals surface area contributed by atoms with E-state index in [1.165, 1.54) is 12.3 Å². The van der Waals surface area contributed by atoms with Crippen LogP contribution in [0.5, 0.6) is 0 Å². The molecule has 1 aliphatic rings. The van der Waals surface area contributed by atoms with Crippen LogP contribution in [0.25, 0.3) is 0 Å². The van der Waals surface area contributed by atoms with Crippen LogP contribution in [0.3, 0.4) is 0 Å². The van der Waals surface area contributed by atoms with E-state index in [0.29, 0.717) is 18.5 Å². The first kappa shape index (κ1) is 16.4. The molecule has 1 aromatic rings. The fraction of sp³-hybridized carbons (Fsp3) is 0.571. The minimum Gasteiger partial charge on any atom is -0.368 e. The molecule has 1 saturated carbocycles. The van der Waals surface area contributed by atoms with Gasteiger partial charge in [0.2, 0.25) is 0 Å². The van der Waals surface area contributed by atoms with E-state index in [-0.39, 0.29) is 12.4 Å². The number of alkyl halides is 3. The standard InChI is InChI=1S/C14H20F3N5/c1-2-18-13(22-10-5-6-10)21-9-8-20-12-11(14(15,16)17)4-3-7-19-12/h3-4,7,10H,2,5-6,8-9H2,1H3,(H,19,20)(H2,18,21,22). The fourth-order valence-corrected chi connectivity index (χ4v) is 1.86. The zero-order valence-corrected chi connectivity index (χ0v) is 12.4. The maximum absolute atomic E-state index is 12.8. The number of aliphatic imine (C=N–C) groups is 1. The van der Waals surface area contributed by atoms with Crippen molar-refractivity contribution in [3.8, 4) is 0 Å². The smallest absolute Gasteiger partial charge is 0.368 e. The minimum atomic E-state index is -4.41. The van der Waals surface area contributed by atoms with Crippen LogP contribution in [-0.4, -0.2) is 36.6 Å². The zero-order valence-electron chi connectivity index (χ0n) is 12.4. The molecular formula is C14H20F3N5. The summed E-state index contributed by atoms with van der Waals surface area (Å²) < 4.78 is 38.4. The third kappa shape index (κ3) is 5.09. The fourth-order valence-electron chi connectivity index (χ4n) is 1.86. The number of guanidine groups is 1. The molecule has 0 amide bonds. The molecule has 5 nitrogen and oxygen atoms in total. The van der Waals surface area contributed by atoms with E-state index in [1.807, 2.05) is 6.92 Å².